The fourth-order valence-corrected chi connectivity index (χ4v) is 2.93. The van der Waals surface area contributed by atoms with E-state index in [9.17, 15) is 20.3 Å². The number of nitriles is 1. The monoisotopic (exact) mass is 320 g/mol. The topological polar surface area (TPSA) is 86.2 Å². The summed E-state index contributed by atoms with van der Waals surface area (Å²) in [4.78, 5) is 11.3. The van der Waals surface area contributed by atoms with Crippen LogP contribution in [0.25, 0.3) is 22.0 Å². The van der Waals surface area contributed by atoms with Gasteiger partial charge in [-0.15, -0.1) is 0 Å². The number of aromatic nitrogens is 1. The van der Waals surface area contributed by atoms with Gasteiger partial charge in [0.15, 0.2) is 0 Å². The molecule has 0 bridgehead atoms. The molecule has 24 heavy (non-hydrogen) atoms. The zero-order valence-electron chi connectivity index (χ0n) is 13.3. The van der Waals surface area contributed by atoms with E-state index in [0.29, 0.717) is 16.7 Å². The molecule has 5 nitrogen and oxygen atoms in total. The van der Waals surface area contributed by atoms with Crippen molar-refractivity contribution in [1.29, 1.82) is 5.26 Å². The van der Waals surface area contributed by atoms with Gasteiger partial charge in [-0.2, -0.15) is 5.26 Å². The van der Waals surface area contributed by atoms with Gasteiger partial charge >= 0.3 is 5.97 Å². The summed E-state index contributed by atoms with van der Waals surface area (Å²) in [6.07, 6.45) is 1.93. The van der Waals surface area contributed by atoms with Crippen molar-refractivity contribution in [3.8, 4) is 22.9 Å². The molecule has 0 saturated carbocycles. The van der Waals surface area contributed by atoms with E-state index in [1.165, 1.54) is 6.07 Å². The highest BCUT2D eigenvalue weighted by atomic mass is 16.4. The Labute approximate surface area is 139 Å². The summed E-state index contributed by atoms with van der Waals surface area (Å²) in [6.45, 7) is 4.08. The van der Waals surface area contributed by atoms with Crippen molar-refractivity contribution in [3.05, 3.63) is 53.7 Å². The van der Waals surface area contributed by atoms with Crippen LogP contribution in [-0.2, 0) is 0 Å². The van der Waals surface area contributed by atoms with Crippen LogP contribution in [0.1, 0.15) is 35.8 Å². The first kappa shape index (κ1) is 15.6. The molecular weight excluding hydrogens is 304 g/mol. The van der Waals surface area contributed by atoms with Crippen LogP contribution in [0.3, 0.4) is 0 Å². The maximum absolute atomic E-state index is 11.3. The fourth-order valence-electron chi connectivity index (χ4n) is 2.93. The number of fused-ring (bicyclic) bond motifs is 1. The Morgan fingerprint density at radius 1 is 1.21 bits per heavy atom. The van der Waals surface area contributed by atoms with Crippen molar-refractivity contribution in [3.63, 3.8) is 0 Å². The molecule has 3 aromatic rings. The summed E-state index contributed by atoms with van der Waals surface area (Å²) < 4.78 is 2.04. The van der Waals surface area contributed by atoms with E-state index in [1.54, 1.807) is 24.3 Å². The molecule has 0 aliphatic heterocycles. The number of rotatable bonds is 3. The van der Waals surface area contributed by atoms with Gasteiger partial charge in [0.1, 0.15) is 11.3 Å². The lowest BCUT2D eigenvalue weighted by atomic mass is 9.96. The van der Waals surface area contributed by atoms with E-state index in [0.717, 1.165) is 10.9 Å². The molecule has 120 valence electrons. The highest BCUT2D eigenvalue weighted by molar-refractivity contribution is 6.01. The van der Waals surface area contributed by atoms with Crippen molar-refractivity contribution in [2.75, 3.05) is 0 Å². The number of carboxylic acids is 1. The number of carboxylic acid groups (broad SMARTS) is 1. The van der Waals surface area contributed by atoms with Gasteiger partial charge in [-0.05, 0) is 43.7 Å². The summed E-state index contributed by atoms with van der Waals surface area (Å²) in [5, 5.41) is 29.8. The molecule has 2 N–H and O–H groups in total. The first-order valence-corrected chi connectivity index (χ1v) is 7.54. The minimum absolute atomic E-state index is 0.161. The van der Waals surface area contributed by atoms with E-state index in [1.807, 2.05) is 30.7 Å². The Hall–Kier alpha value is -3.26. The Morgan fingerprint density at radius 3 is 2.58 bits per heavy atom. The number of para-hydroxylation sites is 1. The number of nitrogens with zero attached hydrogens (tertiary/aromatic N) is 2. The van der Waals surface area contributed by atoms with E-state index in [2.05, 4.69) is 6.07 Å². The van der Waals surface area contributed by atoms with Crippen molar-refractivity contribution < 1.29 is 15.0 Å². The van der Waals surface area contributed by atoms with Crippen LogP contribution in [0.4, 0.5) is 0 Å². The van der Waals surface area contributed by atoms with Crippen LogP contribution in [0.5, 0.6) is 5.75 Å². The zero-order chi connectivity index (χ0) is 17.4. The van der Waals surface area contributed by atoms with E-state index < -0.39 is 5.97 Å². The number of phenols is 1. The van der Waals surface area contributed by atoms with Gasteiger partial charge in [0.25, 0.3) is 0 Å². The predicted octanol–water partition coefficient (Wildman–Crippen LogP) is 4.16. The highest BCUT2D eigenvalue weighted by Crippen LogP contribution is 2.38. The number of hydrogen-bond donors (Lipinski definition) is 2. The molecule has 1 heterocycles. The van der Waals surface area contributed by atoms with Gasteiger partial charge < -0.3 is 14.8 Å². The molecule has 0 spiro atoms. The first-order valence-electron chi connectivity index (χ1n) is 7.54. The van der Waals surface area contributed by atoms with Gasteiger partial charge in [-0.25, -0.2) is 4.79 Å². The van der Waals surface area contributed by atoms with Crippen LogP contribution in [0.2, 0.25) is 0 Å². The molecule has 1 aromatic heterocycles. The van der Waals surface area contributed by atoms with Crippen LogP contribution in [0.15, 0.2) is 42.6 Å². The average Bonchev–Trinajstić information content (AvgIpc) is 2.98. The third-order valence-electron chi connectivity index (χ3n) is 4.08. The molecule has 0 radical (unpaired) electrons. The number of hydrogen-bond acceptors (Lipinski definition) is 3. The maximum Gasteiger partial charge on any atom is 0.339 e. The quantitative estimate of drug-likeness (QED) is 0.758. The van der Waals surface area contributed by atoms with Crippen molar-refractivity contribution in [2.24, 2.45) is 0 Å². The number of aromatic hydroxyl groups is 1. The second kappa shape index (κ2) is 5.74. The molecule has 0 fully saturated rings. The molecule has 0 aliphatic rings. The molecule has 2 aromatic carbocycles. The Morgan fingerprint density at radius 2 is 1.96 bits per heavy atom. The van der Waals surface area contributed by atoms with Gasteiger partial charge in [0.05, 0.1) is 17.1 Å². The lowest BCUT2D eigenvalue weighted by molar-refractivity contribution is 0.0694. The Kier molecular flexibility index (Phi) is 3.74. The molecule has 0 aliphatic carbocycles. The molecule has 0 saturated heterocycles. The second-order valence-corrected chi connectivity index (χ2v) is 5.89. The third-order valence-corrected chi connectivity index (χ3v) is 4.08. The molecule has 3 rings (SSSR count). The van der Waals surface area contributed by atoms with Gasteiger partial charge in [-0.1, -0.05) is 12.1 Å². The van der Waals surface area contributed by atoms with Crippen molar-refractivity contribution >= 4 is 16.9 Å². The predicted molar refractivity (Wildman–Crippen MR) is 91.1 cm³/mol. The van der Waals surface area contributed by atoms with Crippen LogP contribution in [0, 0.1) is 11.3 Å². The summed E-state index contributed by atoms with van der Waals surface area (Å²) in [7, 11) is 0. The van der Waals surface area contributed by atoms with Crippen LogP contribution < -0.4 is 0 Å². The Balaban J connectivity index is 2.37. The maximum atomic E-state index is 11.3. The van der Waals surface area contributed by atoms with Crippen LogP contribution >= 0.6 is 0 Å². The SMILES string of the molecule is CC(C)n1ccc2c(-c3cccc(C(=O)O)c3O)cc(C#N)cc21. The lowest BCUT2D eigenvalue weighted by Gasteiger charge is -2.12. The average molecular weight is 320 g/mol. The smallest absolute Gasteiger partial charge is 0.339 e. The van der Waals surface area contributed by atoms with E-state index in [-0.39, 0.29) is 17.4 Å². The fraction of sp³-hybridized carbons (Fsp3) is 0.158. The van der Waals surface area contributed by atoms with Crippen molar-refractivity contribution in [1.82, 2.24) is 4.57 Å². The third kappa shape index (κ3) is 2.38. The number of benzene rings is 2. The minimum Gasteiger partial charge on any atom is -0.506 e. The lowest BCUT2D eigenvalue weighted by Crippen LogP contribution is -1.99. The summed E-state index contributed by atoms with van der Waals surface area (Å²) in [5.74, 6) is -1.49. The molecule has 0 atom stereocenters. The van der Waals surface area contributed by atoms with E-state index in [4.69, 9.17) is 0 Å². The van der Waals surface area contributed by atoms with Gasteiger partial charge in [0, 0.05) is 23.2 Å². The summed E-state index contributed by atoms with van der Waals surface area (Å²) >= 11 is 0. The van der Waals surface area contributed by atoms with Crippen LogP contribution in [-0.4, -0.2) is 20.7 Å². The van der Waals surface area contributed by atoms with Gasteiger partial charge in [0.2, 0.25) is 0 Å². The largest absolute Gasteiger partial charge is 0.506 e. The summed E-state index contributed by atoms with van der Waals surface area (Å²) in [5.41, 5.74) is 2.21. The molecule has 5 heteroatoms. The molecule has 0 unspecified atom stereocenters. The number of carbonyl (C=O) groups is 1. The zero-order valence-corrected chi connectivity index (χ0v) is 13.3. The highest BCUT2D eigenvalue weighted by Gasteiger charge is 2.18. The second-order valence-electron chi connectivity index (χ2n) is 5.89. The molecular formula is C19H16N2O3. The summed E-state index contributed by atoms with van der Waals surface area (Å²) in [6, 6.07) is 12.3. The standard InChI is InChI=1S/C19H16N2O3/c1-11(2)21-7-6-13-16(8-12(10-20)9-17(13)21)14-4-3-5-15(18(14)22)19(23)24/h3-9,11,22H,1-2H3,(H,23,24). The van der Waals surface area contributed by atoms with Crippen molar-refractivity contribution in [2.45, 2.75) is 19.9 Å². The number of aromatic carboxylic acids is 1. The minimum atomic E-state index is -1.19. The normalized spacial score (nSPS) is 10.9. The Bertz CT molecular complexity index is 994. The van der Waals surface area contributed by atoms with Gasteiger partial charge in [-0.3, -0.25) is 0 Å². The van der Waals surface area contributed by atoms with E-state index >= 15 is 0 Å². The first-order chi connectivity index (χ1) is 11.4. The molecule has 0 amide bonds.